The first kappa shape index (κ1) is 11.6. The number of hydrogen-bond donors (Lipinski definition) is 0. The minimum Gasteiger partial charge on any atom is -0.453 e. The summed E-state index contributed by atoms with van der Waals surface area (Å²) in [5.41, 5.74) is 0.386. The molecule has 4 nitrogen and oxygen atoms in total. The number of carbonyl (C=O) groups excluding carboxylic acids is 2. The van der Waals surface area contributed by atoms with Crippen LogP contribution in [0.5, 0.6) is 0 Å². The number of amides is 1. The molecule has 0 bridgehead atoms. The minimum atomic E-state index is -0.574. The van der Waals surface area contributed by atoms with Crippen LogP contribution in [0, 0.1) is 0 Å². The first-order valence-corrected chi connectivity index (χ1v) is 5.56. The zero-order valence-electron chi connectivity index (χ0n) is 9.76. The van der Waals surface area contributed by atoms with Crippen molar-refractivity contribution in [2.45, 2.75) is 11.8 Å². The fourth-order valence-corrected chi connectivity index (χ4v) is 2.29. The van der Waals surface area contributed by atoms with Crippen molar-refractivity contribution in [3.05, 3.63) is 35.9 Å². The summed E-state index contributed by atoms with van der Waals surface area (Å²) in [6, 6.07) is 9.57. The molecule has 1 aliphatic heterocycles. The van der Waals surface area contributed by atoms with Crippen LogP contribution >= 0.6 is 0 Å². The zero-order valence-corrected chi connectivity index (χ0v) is 9.76. The Morgan fingerprint density at radius 3 is 2.71 bits per heavy atom. The lowest BCUT2D eigenvalue weighted by Crippen LogP contribution is -2.35. The van der Waals surface area contributed by atoms with Crippen molar-refractivity contribution in [2.75, 3.05) is 20.2 Å². The van der Waals surface area contributed by atoms with E-state index in [1.807, 2.05) is 30.3 Å². The Bertz CT molecular complexity index is 418. The van der Waals surface area contributed by atoms with Crippen LogP contribution in [0.4, 0.5) is 4.79 Å². The molecule has 1 amide bonds. The number of rotatable bonds is 2. The number of hydrogen-bond acceptors (Lipinski definition) is 3. The highest BCUT2D eigenvalue weighted by molar-refractivity contribution is 5.74. The highest BCUT2D eigenvalue weighted by Gasteiger charge is 2.41. The molecule has 2 rings (SSSR count). The fraction of sp³-hybridized carbons (Fsp3) is 0.385. The predicted molar refractivity (Wildman–Crippen MR) is 62.8 cm³/mol. The largest absolute Gasteiger partial charge is 0.453 e. The van der Waals surface area contributed by atoms with Gasteiger partial charge in [0.2, 0.25) is 0 Å². The smallest absolute Gasteiger partial charge is 0.409 e. The van der Waals surface area contributed by atoms with Gasteiger partial charge in [0.1, 0.15) is 6.29 Å². The Morgan fingerprint density at radius 1 is 1.41 bits per heavy atom. The third kappa shape index (κ3) is 2.02. The van der Waals surface area contributed by atoms with Crippen LogP contribution < -0.4 is 0 Å². The van der Waals surface area contributed by atoms with Crippen LogP contribution in [0.3, 0.4) is 0 Å². The second-order valence-electron chi connectivity index (χ2n) is 4.28. The summed E-state index contributed by atoms with van der Waals surface area (Å²) in [6.45, 7) is 0.952. The number of nitrogens with zero attached hydrogens (tertiary/aromatic N) is 1. The van der Waals surface area contributed by atoms with E-state index < -0.39 is 5.41 Å². The van der Waals surface area contributed by atoms with Crippen LogP contribution in [0.1, 0.15) is 12.0 Å². The van der Waals surface area contributed by atoms with Gasteiger partial charge in [0.15, 0.2) is 0 Å². The fourth-order valence-electron chi connectivity index (χ4n) is 2.29. The SMILES string of the molecule is COC(=O)N1CCC(C=O)(c2ccccc2)C1. The van der Waals surface area contributed by atoms with E-state index in [4.69, 9.17) is 0 Å². The Labute approximate surface area is 100 Å². The average molecular weight is 233 g/mol. The highest BCUT2D eigenvalue weighted by atomic mass is 16.5. The molecule has 0 N–H and O–H groups in total. The van der Waals surface area contributed by atoms with Gasteiger partial charge in [-0.05, 0) is 12.0 Å². The van der Waals surface area contributed by atoms with Gasteiger partial charge in [-0.15, -0.1) is 0 Å². The van der Waals surface area contributed by atoms with E-state index in [9.17, 15) is 9.59 Å². The third-order valence-corrected chi connectivity index (χ3v) is 3.31. The van der Waals surface area contributed by atoms with E-state index in [1.54, 1.807) is 4.90 Å². The third-order valence-electron chi connectivity index (χ3n) is 3.31. The van der Waals surface area contributed by atoms with E-state index in [2.05, 4.69) is 4.74 Å². The summed E-state index contributed by atoms with van der Waals surface area (Å²) in [7, 11) is 1.35. The summed E-state index contributed by atoms with van der Waals surface area (Å²) in [6.07, 6.45) is 1.23. The lowest BCUT2D eigenvalue weighted by atomic mass is 9.81. The molecule has 0 spiro atoms. The zero-order chi connectivity index (χ0) is 12.3. The molecular weight excluding hydrogens is 218 g/mol. The average Bonchev–Trinajstić information content (AvgIpc) is 2.84. The van der Waals surface area contributed by atoms with Crippen LogP contribution in [-0.4, -0.2) is 37.5 Å². The molecule has 1 saturated heterocycles. The molecule has 1 aromatic rings. The van der Waals surface area contributed by atoms with E-state index in [-0.39, 0.29) is 6.09 Å². The molecule has 1 heterocycles. The first-order valence-electron chi connectivity index (χ1n) is 5.56. The van der Waals surface area contributed by atoms with Gasteiger partial charge in [-0.2, -0.15) is 0 Å². The summed E-state index contributed by atoms with van der Waals surface area (Å²) < 4.78 is 4.68. The summed E-state index contributed by atoms with van der Waals surface area (Å²) >= 11 is 0. The Hall–Kier alpha value is -1.84. The molecule has 0 aromatic heterocycles. The normalized spacial score (nSPS) is 23.5. The van der Waals surface area contributed by atoms with E-state index in [1.165, 1.54) is 7.11 Å². The molecule has 1 atom stereocenters. The molecule has 90 valence electrons. The lowest BCUT2D eigenvalue weighted by Gasteiger charge is -2.23. The van der Waals surface area contributed by atoms with Gasteiger partial charge >= 0.3 is 6.09 Å². The van der Waals surface area contributed by atoms with Crippen molar-refractivity contribution in [2.24, 2.45) is 0 Å². The van der Waals surface area contributed by atoms with Crippen molar-refractivity contribution in [3.63, 3.8) is 0 Å². The number of ether oxygens (including phenoxy) is 1. The van der Waals surface area contributed by atoms with Crippen LogP contribution in [0.25, 0.3) is 0 Å². The molecule has 0 aliphatic carbocycles. The Kier molecular flexibility index (Phi) is 3.13. The van der Waals surface area contributed by atoms with Crippen LogP contribution in [0.2, 0.25) is 0 Å². The summed E-state index contributed by atoms with van der Waals surface area (Å²) in [4.78, 5) is 24.4. The summed E-state index contributed by atoms with van der Waals surface area (Å²) in [5, 5.41) is 0. The van der Waals surface area contributed by atoms with E-state index in [0.717, 1.165) is 11.8 Å². The number of likely N-dealkylation sites (tertiary alicyclic amines) is 1. The molecule has 1 aromatic carbocycles. The van der Waals surface area contributed by atoms with Gasteiger partial charge in [0.05, 0.1) is 12.5 Å². The van der Waals surface area contributed by atoms with Crippen molar-refractivity contribution >= 4 is 12.4 Å². The topological polar surface area (TPSA) is 46.6 Å². The number of carbonyl (C=O) groups is 2. The standard InChI is InChI=1S/C13H15NO3/c1-17-12(16)14-8-7-13(9-14,10-15)11-5-3-2-4-6-11/h2-6,10H,7-9H2,1H3. The van der Waals surface area contributed by atoms with Crippen LogP contribution in [-0.2, 0) is 14.9 Å². The predicted octanol–water partition coefficient (Wildman–Crippen LogP) is 1.60. The Balaban J connectivity index is 2.24. The van der Waals surface area contributed by atoms with Crippen molar-refractivity contribution in [3.8, 4) is 0 Å². The maximum atomic E-state index is 11.4. The maximum Gasteiger partial charge on any atom is 0.409 e. The Morgan fingerprint density at radius 2 is 2.12 bits per heavy atom. The van der Waals surface area contributed by atoms with Gasteiger partial charge < -0.3 is 14.4 Å². The molecule has 4 heteroatoms. The quantitative estimate of drug-likeness (QED) is 0.729. The maximum absolute atomic E-state index is 11.4. The van der Waals surface area contributed by atoms with Gasteiger partial charge in [-0.25, -0.2) is 4.79 Å². The van der Waals surface area contributed by atoms with Crippen LogP contribution in [0.15, 0.2) is 30.3 Å². The molecule has 1 fully saturated rings. The first-order chi connectivity index (χ1) is 8.22. The minimum absolute atomic E-state index is 0.371. The lowest BCUT2D eigenvalue weighted by molar-refractivity contribution is -0.112. The van der Waals surface area contributed by atoms with E-state index in [0.29, 0.717) is 19.5 Å². The van der Waals surface area contributed by atoms with Gasteiger partial charge in [0, 0.05) is 13.1 Å². The molecule has 1 unspecified atom stereocenters. The second-order valence-corrected chi connectivity index (χ2v) is 4.28. The van der Waals surface area contributed by atoms with Gasteiger partial charge in [0.25, 0.3) is 0 Å². The van der Waals surface area contributed by atoms with E-state index >= 15 is 0 Å². The highest BCUT2D eigenvalue weighted by Crippen LogP contribution is 2.32. The molecule has 17 heavy (non-hydrogen) atoms. The number of aldehydes is 1. The number of methoxy groups -OCH3 is 1. The molecule has 1 aliphatic rings. The van der Waals surface area contributed by atoms with Crippen molar-refractivity contribution in [1.82, 2.24) is 4.90 Å². The molecule has 0 radical (unpaired) electrons. The van der Waals surface area contributed by atoms with Crippen molar-refractivity contribution in [1.29, 1.82) is 0 Å². The summed E-state index contributed by atoms with van der Waals surface area (Å²) in [5.74, 6) is 0. The molecule has 0 saturated carbocycles. The van der Waals surface area contributed by atoms with Gasteiger partial charge in [-0.1, -0.05) is 30.3 Å². The second kappa shape index (κ2) is 4.57. The van der Waals surface area contributed by atoms with Gasteiger partial charge in [-0.3, -0.25) is 0 Å². The monoisotopic (exact) mass is 233 g/mol. The molecular formula is C13H15NO3. The number of benzene rings is 1. The van der Waals surface area contributed by atoms with Crippen molar-refractivity contribution < 1.29 is 14.3 Å².